The van der Waals surface area contributed by atoms with Crippen molar-refractivity contribution in [1.29, 1.82) is 0 Å². The lowest BCUT2D eigenvalue weighted by molar-refractivity contribution is -0.0241. The molecule has 0 spiro atoms. The zero-order chi connectivity index (χ0) is 14.8. The number of ether oxygens (including phenoxy) is 1. The van der Waals surface area contributed by atoms with Gasteiger partial charge in [0.05, 0.1) is 13.2 Å². The molecule has 1 aliphatic rings. The van der Waals surface area contributed by atoms with E-state index in [0.717, 1.165) is 6.07 Å². The fourth-order valence-corrected chi connectivity index (χ4v) is 2.46. The normalized spacial score (nSPS) is 19.8. The number of aromatic hydroxyl groups is 1. The van der Waals surface area contributed by atoms with Gasteiger partial charge in [-0.1, -0.05) is 5.16 Å². The smallest absolute Gasteiger partial charge is 0.246 e. The van der Waals surface area contributed by atoms with Crippen molar-refractivity contribution in [3.63, 3.8) is 0 Å². The van der Waals surface area contributed by atoms with Crippen molar-refractivity contribution < 1.29 is 18.8 Å². The summed E-state index contributed by atoms with van der Waals surface area (Å²) in [6, 6.07) is 3.88. The molecular formula is C14H16FN3O3. The predicted octanol–water partition coefficient (Wildman–Crippen LogP) is 1.80. The summed E-state index contributed by atoms with van der Waals surface area (Å²) in [4.78, 5) is 6.31. The molecule has 1 saturated heterocycles. The number of hydrogen-bond donors (Lipinski definition) is 1. The van der Waals surface area contributed by atoms with Gasteiger partial charge in [0, 0.05) is 19.2 Å². The zero-order valence-electron chi connectivity index (χ0n) is 11.6. The Morgan fingerprint density at radius 3 is 3.00 bits per heavy atom. The van der Waals surface area contributed by atoms with E-state index in [9.17, 15) is 9.50 Å². The van der Waals surface area contributed by atoms with Crippen molar-refractivity contribution in [2.45, 2.75) is 19.5 Å². The van der Waals surface area contributed by atoms with Crippen LogP contribution in [-0.2, 0) is 11.3 Å². The summed E-state index contributed by atoms with van der Waals surface area (Å²) >= 11 is 0. The van der Waals surface area contributed by atoms with Crippen molar-refractivity contribution in [3.05, 3.63) is 41.3 Å². The lowest BCUT2D eigenvalue weighted by Crippen LogP contribution is -2.39. The van der Waals surface area contributed by atoms with E-state index < -0.39 is 5.82 Å². The maximum Gasteiger partial charge on any atom is 0.246 e. The van der Waals surface area contributed by atoms with Crippen molar-refractivity contribution in [2.75, 3.05) is 19.8 Å². The summed E-state index contributed by atoms with van der Waals surface area (Å²) in [5.41, 5.74) is 0.690. The van der Waals surface area contributed by atoms with Gasteiger partial charge in [-0.15, -0.1) is 0 Å². The maximum absolute atomic E-state index is 13.4. The Kier molecular flexibility index (Phi) is 3.85. The van der Waals surface area contributed by atoms with Gasteiger partial charge in [0.25, 0.3) is 0 Å². The molecule has 2 aromatic rings. The molecule has 7 heteroatoms. The van der Waals surface area contributed by atoms with E-state index in [1.54, 1.807) is 13.0 Å². The second-order valence-electron chi connectivity index (χ2n) is 5.06. The van der Waals surface area contributed by atoms with Gasteiger partial charge in [0.15, 0.2) is 5.82 Å². The van der Waals surface area contributed by atoms with Crippen LogP contribution in [0, 0.1) is 12.7 Å². The first-order valence-electron chi connectivity index (χ1n) is 6.72. The molecule has 0 saturated carbocycles. The number of aromatic nitrogens is 2. The average molecular weight is 293 g/mol. The summed E-state index contributed by atoms with van der Waals surface area (Å²) in [7, 11) is 0. The average Bonchev–Trinajstić information content (AvgIpc) is 2.85. The Hall–Kier alpha value is -1.99. The van der Waals surface area contributed by atoms with Crippen LogP contribution in [0.15, 0.2) is 22.7 Å². The van der Waals surface area contributed by atoms with Crippen molar-refractivity contribution >= 4 is 0 Å². The van der Waals surface area contributed by atoms with Crippen LogP contribution in [-0.4, -0.2) is 39.9 Å². The standard InChI is InChI=1S/C14H16FN3O3/c1-9-16-14(21-17-9)13-8-20-3-2-18(13)7-10-4-11(15)6-12(19)5-10/h4-6,13,19H,2-3,7-8H2,1H3. The number of nitrogens with zero attached hydrogens (tertiary/aromatic N) is 3. The zero-order valence-corrected chi connectivity index (χ0v) is 11.6. The molecule has 0 bridgehead atoms. The van der Waals surface area contributed by atoms with E-state index in [1.165, 1.54) is 6.07 Å². The van der Waals surface area contributed by atoms with Crippen molar-refractivity contribution in [1.82, 2.24) is 15.0 Å². The van der Waals surface area contributed by atoms with Gasteiger partial charge < -0.3 is 14.4 Å². The number of rotatable bonds is 3. The highest BCUT2D eigenvalue weighted by Crippen LogP contribution is 2.26. The Balaban J connectivity index is 1.81. The fraction of sp³-hybridized carbons (Fsp3) is 0.429. The van der Waals surface area contributed by atoms with Crippen LogP contribution < -0.4 is 0 Å². The van der Waals surface area contributed by atoms with Crippen LogP contribution in [0.4, 0.5) is 4.39 Å². The Morgan fingerprint density at radius 1 is 1.43 bits per heavy atom. The van der Waals surface area contributed by atoms with Crippen molar-refractivity contribution in [2.24, 2.45) is 0 Å². The Morgan fingerprint density at radius 2 is 2.29 bits per heavy atom. The highest BCUT2D eigenvalue weighted by molar-refractivity contribution is 5.28. The minimum Gasteiger partial charge on any atom is -0.508 e. The van der Waals surface area contributed by atoms with Gasteiger partial charge >= 0.3 is 0 Å². The van der Waals surface area contributed by atoms with Crippen LogP contribution in [0.1, 0.15) is 23.3 Å². The molecule has 6 nitrogen and oxygen atoms in total. The van der Waals surface area contributed by atoms with Crippen molar-refractivity contribution in [3.8, 4) is 5.75 Å². The number of hydrogen-bond acceptors (Lipinski definition) is 6. The quantitative estimate of drug-likeness (QED) is 0.930. The second kappa shape index (κ2) is 5.79. The number of morpholine rings is 1. The van der Waals surface area contributed by atoms with Gasteiger partial charge in [-0.2, -0.15) is 4.98 Å². The molecule has 1 aromatic heterocycles. The molecule has 2 heterocycles. The van der Waals surface area contributed by atoms with Gasteiger partial charge in [-0.3, -0.25) is 4.90 Å². The van der Waals surface area contributed by atoms with Gasteiger partial charge in [0.2, 0.25) is 5.89 Å². The molecular weight excluding hydrogens is 277 g/mol. The summed E-state index contributed by atoms with van der Waals surface area (Å²) < 4.78 is 24.0. The number of phenolic OH excluding ortho intramolecular Hbond substituents is 1. The highest BCUT2D eigenvalue weighted by Gasteiger charge is 2.29. The van der Waals surface area contributed by atoms with Crippen LogP contribution in [0.3, 0.4) is 0 Å². The lowest BCUT2D eigenvalue weighted by Gasteiger charge is -2.33. The molecule has 1 N–H and O–H groups in total. The molecule has 1 aromatic carbocycles. The molecule has 1 unspecified atom stereocenters. The van der Waals surface area contributed by atoms with E-state index in [2.05, 4.69) is 15.0 Å². The van der Waals surface area contributed by atoms with E-state index in [4.69, 9.17) is 9.26 Å². The van der Waals surface area contributed by atoms with Gasteiger partial charge in [0.1, 0.15) is 17.6 Å². The Labute approximate surface area is 121 Å². The first-order valence-corrected chi connectivity index (χ1v) is 6.72. The second-order valence-corrected chi connectivity index (χ2v) is 5.06. The molecule has 0 radical (unpaired) electrons. The number of halogens is 1. The maximum atomic E-state index is 13.4. The highest BCUT2D eigenvalue weighted by atomic mass is 19.1. The third kappa shape index (κ3) is 3.20. The lowest BCUT2D eigenvalue weighted by atomic mass is 10.1. The van der Waals surface area contributed by atoms with Crippen LogP contribution >= 0.6 is 0 Å². The molecule has 112 valence electrons. The summed E-state index contributed by atoms with van der Waals surface area (Å²) in [5, 5.41) is 13.3. The SMILES string of the molecule is Cc1noc(C2COCCN2Cc2cc(O)cc(F)c2)n1. The fourth-order valence-electron chi connectivity index (χ4n) is 2.46. The van der Waals surface area contributed by atoms with Gasteiger partial charge in [-0.25, -0.2) is 4.39 Å². The summed E-state index contributed by atoms with van der Waals surface area (Å²) in [6.45, 7) is 3.93. The monoisotopic (exact) mass is 293 g/mol. The number of aryl methyl sites for hydroxylation is 1. The van der Waals surface area contributed by atoms with E-state index >= 15 is 0 Å². The predicted molar refractivity (Wildman–Crippen MR) is 71.1 cm³/mol. The van der Waals surface area contributed by atoms with Crippen LogP contribution in [0.25, 0.3) is 0 Å². The molecule has 1 fully saturated rings. The third-order valence-corrected chi connectivity index (χ3v) is 3.40. The summed E-state index contributed by atoms with van der Waals surface area (Å²) in [5.74, 6) is 0.527. The third-order valence-electron chi connectivity index (χ3n) is 3.40. The minimum atomic E-state index is -0.455. The first kappa shape index (κ1) is 14.0. The van der Waals surface area contributed by atoms with Crippen LogP contribution in [0.2, 0.25) is 0 Å². The van der Waals surface area contributed by atoms with E-state index in [-0.39, 0.29) is 11.8 Å². The number of phenols is 1. The molecule has 0 aliphatic carbocycles. The minimum absolute atomic E-state index is 0.0801. The molecule has 0 amide bonds. The summed E-state index contributed by atoms with van der Waals surface area (Å²) in [6.07, 6.45) is 0. The number of benzene rings is 1. The van der Waals surface area contributed by atoms with E-state index in [0.29, 0.717) is 43.6 Å². The molecule has 3 rings (SSSR count). The molecule has 21 heavy (non-hydrogen) atoms. The van der Waals surface area contributed by atoms with E-state index in [1.807, 2.05) is 0 Å². The largest absolute Gasteiger partial charge is 0.508 e. The Bertz CT molecular complexity index is 611. The first-order chi connectivity index (χ1) is 10.1. The topological polar surface area (TPSA) is 71.6 Å². The molecule has 1 atom stereocenters. The van der Waals surface area contributed by atoms with Crippen LogP contribution in [0.5, 0.6) is 5.75 Å². The molecule has 1 aliphatic heterocycles. The van der Waals surface area contributed by atoms with Gasteiger partial charge in [-0.05, 0) is 24.6 Å².